The molecule has 2 heterocycles. The highest BCUT2D eigenvalue weighted by molar-refractivity contribution is 7.10. The van der Waals surface area contributed by atoms with Gasteiger partial charge in [0.25, 0.3) is 0 Å². The van der Waals surface area contributed by atoms with Crippen LogP contribution >= 0.6 is 11.3 Å². The molecule has 0 aromatic carbocycles. The Morgan fingerprint density at radius 2 is 2.23 bits per heavy atom. The Morgan fingerprint density at radius 3 is 2.92 bits per heavy atom. The second-order valence-electron chi connectivity index (χ2n) is 6.86. The van der Waals surface area contributed by atoms with Gasteiger partial charge in [-0.1, -0.05) is 6.07 Å². The number of aliphatic imine (C=N–C) groups is 1. The van der Waals surface area contributed by atoms with Gasteiger partial charge in [-0.05, 0) is 50.5 Å². The molecule has 3 N–H and O–H groups in total. The minimum atomic E-state index is -0.941. The summed E-state index contributed by atoms with van der Waals surface area (Å²) in [6.45, 7) is 9.05. The summed E-state index contributed by atoms with van der Waals surface area (Å²) < 4.78 is 11.1. The van der Waals surface area contributed by atoms with Crippen LogP contribution in [0.2, 0.25) is 0 Å². The standard InChI is InChI=1S/C19H33N3O3S/c1-3-20-18(22-15-19(2,23)17-6-4-13-26-17)21-9-5-10-25-14-16-7-11-24-12-8-16/h4,6,13,16,23H,3,5,7-12,14-15H2,1-2H3,(H2,20,21,22). The number of hydrogen-bond donors (Lipinski definition) is 3. The predicted octanol–water partition coefficient (Wildman–Crippen LogP) is 2.34. The highest BCUT2D eigenvalue weighted by Crippen LogP contribution is 2.25. The van der Waals surface area contributed by atoms with Crippen LogP contribution in [0.3, 0.4) is 0 Å². The van der Waals surface area contributed by atoms with Crippen molar-refractivity contribution in [1.29, 1.82) is 0 Å². The molecule has 1 fully saturated rings. The second-order valence-corrected chi connectivity index (χ2v) is 7.81. The number of aliphatic hydroxyl groups is 1. The molecule has 1 aliphatic heterocycles. The van der Waals surface area contributed by atoms with E-state index in [0.717, 1.165) is 69.6 Å². The molecule has 1 aromatic heterocycles. The number of nitrogens with one attached hydrogen (secondary N) is 2. The van der Waals surface area contributed by atoms with Gasteiger partial charge in [-0.2, -0.15) is 0 Å². The first kappa shape index (κ1) is 21.2. The molecule has 0 bridgehead atoms. The largest absolute Gasteiger partial charge is 0.383 e. The van der Waals surface area contributed by atoms with E-state index in [0.29, 0.717) is 12.5 Å². The quantitative estimate of drug-likeness (QED) is 0.328. The third kappa shape index (κ3) is 7.61. The van der Waals surface area contributed by atoms with Gasteiger partial charge in [0.15, 0.2) is 5.96 Å². The maximum atomic E-state index is 10.6. The zero-order valence-corrected chi connectivity index (χ0v) is 16.8. The lowest BCUT2D eigenvalue weighted by molar-refractivity contribution is 0.0203. The van der Waals surface area contributed by atoms with E-state index in [1.165, 1.54) is 0 Å². The summed E-state index contributed by atoms with van der Waals surface area (Å²) in [5.41, 5.74) is -0.941. The molecule has 0 aliphatic carbocycles. The van der Waals surface area contributed by atoms with Crippen molar-refractivity contribution in [2.24, 2.45) is 10.9 Å². The van der Waals surface area contributed by atoms with Gasteiger partial charge in [-0.3, -0.25) is 0 Å². The molecule has 0 radical (unpaired) electrons. The van der Waals surface area contributed by atoms with Crippen molar-refractivity contribution in [2.75, 3.05) is 46.1 Å². The Kier molecular flexibility index (Phi) is 9.39. The van der Waals surface area contributed by atoms with Crippen molar-refractivity contribution in [1.82, 2.24) is 10.6 Å². The van der Waals surface area contributed by atoms with E-state index in [2.05, 4.69) is 15.6 Å². The van der Waals surface area contributed by atoms with Crippen LogP contribution in [0.15, 0.2) is 22.5 Å². The highest BCUT2D eigenvalue weighted by Gasteiger charge is 2.23. The predicted molar refractivity (Wildman–Crippen MR) is 107 cm³/mol. The van der Waals surface area contributed by atoms with Crippen molar-refractivity contribution in [3.8, 4) is 0 Å². The van der Waals surface area contributed by atoms with Crippen LogP contribution in [0.1, 0.15) is 38.0 Å². The first-order chi connectivity index (χ1) is 12.6. The van der Waals surface area contributed by atoms with Gasteiger partial charge in [0, 0.05) is 44.4 Å². The van der Waals surface area contributed by atoms with E-state index in [-0.39, 0.29) is 0 Å². The lowest BCUT2D eigenvalue weighted by Crippen LogP contribution is -2.39. The molecule has 1 unspecified atom stereocenters. The van der Waals surface area contributed by atoms with E-state index in [1.807, 2.05) is 24.4 Å². The van der Waals surface area contributed by atoms with Gasteiger partial charge in [0.1, 0.15) is 5.60 Å². The molecule has 1 aliphatic rings. The van der Waals surface area contributed by atoms with Crippen molar-refractivity contribution >= 4 is 17.3 Å². The van der Waals surface area contributed by atoms with Gasteiger partial charge in [0.2, 0.25) is 0 Å². The fourth-order valence-corrected chi connectivity index (χ4v) is 3.56. The Labute approximate surface area is 161 Å². The molecule has 7 heteroatoms. The SMILES string of the molecule is CCNC(=NCC(C)(O)c1cccs1)NCCCOCC1CCOCC1. The van der Waals surface area contributed by atoms with Crippen LogP contribution in [0, 0.1) is 5.92 Å². The van der Waals surface area contributed by atoms with Gasteiger partial charge in [0.05, 0.1) is 6.54 Å². The van der Waals surface area contributed by atoms with E-state index >= 15 is 0 Å². The Bertz CT molecular complexity index is 514. The molecular formula is C19H33N3O3S. The fraction of sp³-hybridized carbons (Fsp3) is 0.737. The van der Waals surface area contributed by atoms with Crippen LogP contribution in [0.25, 0.3) is 0 Å². The topological polar surface area (TPSA) is 75.1 Å². The van der Waals surface area contributed by atoms with Crippen LogP contribution < -0.4 is 10.6 Å². The fourth-order valence-electron chi connectivity index (χ4n) is 2.78. The van der Waals surface area contributed by atoms with E-state index in [4.69, 9.17) is 9.47 Å². The van der Waals surface area contributed by atoms with Crippen LogP contribution in [0.5, 0.6) is 0 Å². The minimum Gasteiger partial charge on any atom is -0.383 e. The second kappa shape index (κ2) is 11.5. The number of ether oxygens (including phenoxy) is 2. The van der Waals surface area contributed by atoms with Crippen LogP contribution in [-0.2, 0) is 15.1 Å². The summed E-state index contributed by atoms with van der Waals surface area (Å²) in [4.78, 5) is 5.46. The molecule has 0 spiro atoms. The van der Waals surface area contributed by atoms with Crippen molar-refractivity contribution in [3.63, 3.8) is 0 Å². The summed E-state index contributed by atoms with van der Waals surface area (Å²) in [6.07, 6.45) is 3.15. The van der Waals surface area contributed by atoms with Crippen molar-refractivity contribution in [2.45, 2.75) is 38.7 Å². The van der Waals surface area contributed by atoms with Crippen molar-refractivity contribution in [3.05, 3.63) is 22.4 Å². The average molecular weight is 384 g/mol. The third-order valence-corrected chi connectivity index (χ3v) is 5.52. The lowest BCUT2D eigenvalue weighted by atomic mass is 10.0. The molecule has 26 heavy (non-hydrogen) atoms. The Balaban J connectivity index is 1.65. The van der Waals surface area contributed by atoms with Crippen LogP contribution in [-0.4, -0.2) is 57.1 Å². The summed E-state index contributed by atoms with van der Waals surface area (Å²) in [6, 6.07) is 3.89. The molecule has 2 rings (SSSR count). The molecule has 1 aromatic rings. The lowest BCUT2D eigenvalue weighted by Gasteiger charge is -2.22. The van der Waals surface area contributed by atoms with E-state index in [9.17, 15) is 5.11 Å². The Morgan fingerprint density at radius 1 is 1.42 bits per heavy atom. The first-order valence-corrected chi connectivity index (χ1v) is 10.4. The molecule has 6 nitrogen and oxygen atoms in total. The molecule has 148 valence electrons. The van der Waals surface area contributed by atoms with Gasteiger partial charge in [-0.25, -0.2) is 4.99 Å². The Hall–Kier alpha value is -1.15. The van der Waals surface area contributed by atoms with E-state index in [1.54, 1.807) is 18.3 Å². The normalized spacial score (nSPS) is 18.5. The molecule has 1 saturated heterocycles. The van der Waals surface area contributed by atoms with Gasteiger partial charge < -0.3 is 25.2 Å². The summed E-state index contributed by atoms with van der Waals surface area (Å²) in [5, 5.41) is 19.1. The number of thiophene rings is 1. The molecule has 1 atom stereocenters. The van der Waals surface area contributed by atoms with Crippen LogP contribution in [0.4, 0.5) is 0 Å². The van der Waals surface area contributed by atoms with Gasteiger partial charge in [-0.15, -0.1) is 11.3 Å². The maximum absolute atomic E-state index is 10.6. The zero-order valence-electron chi connectivity index (χ0n) is 16.0. The summed E-state index contributed by atoms with van der Waals surface area (Å²) in [7, 11) is 0. The average Bonchev–Trinajstić information content (AvgIpc) is 3.19. The molecule has 0 amide bonds. The summed E-state index contributed by atoms with van der Waals surface area (Å²) in [5.74, 6) is 1.38. The molecule has 0 saturated carbocycles. The highest BCUT2D eigenvalue weighted by atomic mass is 32.1. The third-order valence-electron chi connectivity index (χ3n) is 4.39. The molecular weight excluding hydrogens is 350 g/mol. The zero-order chi connectivity index (χ0) is 18.7. The van der Waals surface area contributed by atoms with Crippen molar-refractivity contribution < 1.29 is 14.6 Å². The minimum absolute atomic E-state index is 0.323. The smallest absolute Gasteiger partial charge is 0.191 e. The van der Waals surface area contributed by atoms with Gasteiger partial charge >= 0.3 is 0 Å². The first-order valence-electron chi connectivity index (χ1n) is 9.56. The monoisotopic (exact) mass is 383 g/mol. The number of rotatable bonds is 10. The number of nitrogens with zero attached hydrogens (tertiary/aromatic N) is 1. The summed E-state index contributed by atoms with van der Waals surface area (Å²) >= 11 is 1.55. The maximum Gasteiger partial charge on any atom is 0.191 e. The number of hydrogen-bond acceptors (Lipinski definition) is 5. The number of guanidine groups is 1. The van der Waals surface area contributed by atoms with E-state index < -0.39 is 5.60 Å².